The lowest BCUT2D eigenvalue weighted by Crippen LogP contribution is -2.49. The highest BCUT2D eigenvalue weighted by Gasteiger charge is 2.28. The van der Waals surface area contributed by atoms with E-state index in [1.54, 1.807) is 29.4 Å². The molecule has 1 amide bonds. The standard InChI is InChI=1S/C18H22N4O2/c1-21(18(23)15-8-5-11-20-17(15)24-2)14-7-6-12-22(13-14)16-9-3-4-10-19-16/h3-5,8-11,14H,6-7,12-13H2,1-2H3. The average Bonchev–Trinajstić information content (AvgIpc) is 2.67. The molecule has 0 N–H and O–H groups in total. The molecule has 0 saturated carbocycles. The van der Waals surface area contributed by atoms with Crippen molar-refractivity contribution in [2.24, 2.45) is 0 Å². The van der Waals surface area contributed by atoms with Gasteiger partial charge in [0.15, 0.2) is 0 Å². The number of aromatic nitrogens is 2. The fourth-order valence-corrected chi connectivity index (χ4v) is 3.09. The molecular formula is C18H22N4O2. The van der Waals surface area contributed by atoms with Crippen LogP contribution in [0, 0.1) is 0 Å². The SMILES string of the molecule is COc1ncccc1C(=O)N(C)C1CCCN(c2ccccn2)C1. The number of hydrogen-bond donors (Lipinski definition) is 0. The van der Waals surface area contributed by atoms with Crippen LogP contribution in [0.2, 0.25) is 0 Å². The quantitative estimate of drug-likeness (QED) is 0.862. The molecule has 2 aromatic rings. The molecule has 1 fully saturated rings. The number of carbonyl (C=O) groups is 1. The number of ether oxygens (including phenoxy) is 1. The van der Waals surface area contributed by atoms with Crippen molar-refractivity contribution in [1.82, 2.24) is 14.9 Å². The van der Waals surface area contributed by atoms with Crippen molar-refractivity contribution in [2.75, 3.05) is 32.1 Å². The lowest BCUT2D eigenvalue weighted by atomic mass is 10.0. The lowest BCUT2D eigenvalue weighted by molar-refractivity contribution is 0.0713. The van der Waals surface area contributed by atoms with E-state index >= 15 is 0 Å². The van der Waals surface area contributed by atoms with Crippen molar-refractivity contribution in [2.45, 2.75) is 18.9 Å². The zero-order chi connectivity index (χ0) is 16.9. The minimum Gasteiger partial charge on any atom is -0.480 e. The molecule has 3 heterocycles. The third kappa shape index (κ3) is 3.32. The first-order chi connectivity index (χ1) is 11.7. The van der Waals surface area contributed by atoms with Gasteiger partial charge < -0.3 is 14.5 Å². The number of likely N-dealkylation sites (N-methyl/N-ethyl adjacent to an activating group) is 1. The maximum Gasteiger partial charge on any atom is 0.259 e. The number of anilines is 1. The highest BCUT2D eigenvalue weighted by molar-refractivity contribution is 5.96. The van der Waals surface area contributed by atoms with Crippen LogP contribution >= 0.6 is 0 Å². The summed E-state index contributed by atoms with van der Waals surface area (Å²) in [7, 11) is 3.38. The molecule has 1 aliphatic rings. The summed E-state index contributed by atoms with van der Waals surface area (Å²) in [5.74, 6) is 1.27. The van der Waals surface area contributed by atoms with E-state index in [4.69, 9.17) is 4.74 Å². The summed E-state index contributed by atoms with van der Waals surface area (Å²) in [5.41, 5.74) is 0.498. The minimum atomic E-state index is -0.0622. The van der Waals surface area contributed by atoms with E-state index in [0.717, 1.165) is 31.7 Å². The number of amides is 1. The summed E-state index contributed by atoms with van der Waals surface area (Å²) in [6.07, 6.45) is 5.44. The molecule has 2 aromatic heterocycles. The van der Waals surface area contributed by atoms with Gasteiger partial charge in [-0.25, -0.2) is 9.97 Å². The molecule has 3 rings (SSSR count). The molecule has 1 atom stereocenters. The van der Waals surface area contributed by atoms with Crippen LogP contribution in [0.15, 0.2) is 42.7 Å². The smallest absolute Gasteiger partial charge is 0.259 e. The second kappa shape index (κ2) is 7.29. The Morgan fingerprint density at radius 1 is 1.25 bits per heavy atom. The van der Waals surface area contributed by atoms with Crippen LogP contribution in [0.1, 0.15) is 23.2 Å². The number of rotatable bonds is 4. The van der Waals surface area contributed by atoms with Crippen LogP contribution in [0.3, 0.4) is 0 Å². The van der Waals surface area contributed by atoms with Crippen LogP contribution in [-0.2, 0) is 0 Å². The van der Waals surface area contributed by atoms with Gasteiger partial charge >= 0.3 is 0 Å². The second-order valence-corrected chi connectivity index (χ2v) is 5.91. The summed E-state index contributed by atoms with van der Waals surface area (Å²) in [4.78, 5) is 25.4. The van der Waals surface area contributed by atoms with Crippen LogP contribution in [0.4, 0.5) is 5.82 Å². The fourth-order valence-electron chi connectivity index (χ4n) is 3.09. The van der Waals surface area contributed by atoms with Gasteiger partial charge in [-0.3, -0.25) is 4.79 Å². The fraction of sp³-hybridized carbons (Fsp3) is 0.389. The van der Waals surface area contributed by atoms with E-state index in [-0.39, 0.29) is 11.9 Å². The Bertz CT molecular complexity index is 692. The van der Waals surface area contributed by atoms with Gasteiger partial charge in [0.05, 0.1) is 7.11 Å². The Labute approximate surface area is 142 Å². The van der Waals surface area contributed by atoms with Gasteiger partial charge in [-0.05, 0) is 37.1 Å². The number of hydrogen-bond acceptors (Lipinski definition) is 5. The van der Waals surface area contributed by atoms with Gasteiger partial charge in [0, 0.05) is 38.6 Å². The van der Waals surface area contributed by atoms with Crippen LogP contribution in [0.5, 0.6) is 5.88 Å². The van der Waals surface area contributed by atoms with Gasteiger partial charge in [-0.15, -0.1) is 0 Å². The van der Waals surface area contributed by atoms with E-state index < -0.39 is 0 Å². The lowest BCUT2D eigenvalue weighted by Gasteiger charge is -2.38. The maximum atomic E-state index is 12.8. The predicted molar refractivity (Wildman–Crippen MR) is 92.4 cm³/mol. The Kier molecular flexibility index (Phi) is 4.93. The van der Waals surface area contributed by atoms with Gasteiger partial charge in [-0.1, -0.05) is 6.07 Å². The monoisotopic (exact) mass is 326 g/mol. The molecule has 1 unspecified atom stereocenters. The average molecular weight is 326 g/mol. The van der Waals surface area contributed by atoms with E-state index in [9.17, 15) is 4.79 Å². The molecule has 0 aromatic carbocycles. The third-order valence-corrected chi connectivity index (χ3v) is 4.43. The molecule has 24 heavy (non-hydrogen) atoms. The highest BCUT2D eigenvalue weighted by atomic mass is 16.5. The van der Waals surface area contributed by atoms with Crippen molar-refractivity contribution in [3.8, 4) is 5.88 Å². The van der Waals surface area contributed by atoms with Gasteiger partial charge in [0.25, 0.3) is 5.91 Å². The maximum absolute atomic E-state index is 12.8. The zero-order valence-electron chi connectivity index (χ0n) is 14.1. The van der Waals surface area contributed by atoms with E-state index in [1.807, 2.05) is 25.2 Å². The third-order valence-electron chi connectivity index (χ3n) is 4.43. The summed E-state index contributed by atoms with van der Waals surface area (Å²) >= 11 is 0. The molecule has 0 aliphatic carbocycles. The van der Waals surface area contributed by atoms with E-state index in [0.29, 0.717) is 11.4 Å². The molecule has 0 radical (unpaired) electrons. The number of methoxy groups -OCH3 is 1. The summed E-state index contributed by atoms with van der Waals surface area (Å²) < 4.78 is 5.22. The van der Waals surface area contributed by atoms with Crippen LogP contribution in [-0.4, -0.2) is 54.1 Å². The van der Waals surface area contributed by atoms with Crippen molar-refractivity contribution < 1.29 is 9.53 Å². The van der Waals surface area contributed by atoms with Crippen molar-refractivity contribution >= 4 is 11.7 Å². The number of carbonyl (C=O) groups excluding carboxylic acids is 1. The minimum absolute atomic E-state index is 0.0622. The van der Waals surface area contributed by atoms with Crippen LogP contribution in [0.25, 0.3) is 0 Å². The molecule has 1 aliphatic heterocycles. The first-order valence-electron chi connectivity index (χ1n) is 8.13. The summed E-state index contributed by atoms with van der Waals surface area (Å²) in [5, 5.41) is 0. The number of pyridine rings is 2. The van der Waals surface area contributed by atoms with Gasteiger partial charge in [0.1, 0.15) is 11.4 Å². The molecule has 1 saturated heterocycles. The van der Waals surface area contributed by atoms with E-state index in [2.05, 4.69) is 14.9 Å². The number of nitrogens with zero attached hydrogens (tertiary/aromatic N) is 4. The van der Waals surface area contributed by atoms with Crippen molar-refractivity contribution in [3.63, 3.8) is 0 Å². The van der Waals surface area contributed by atoms with Crippen LogP contribution < -0.4 is 9.64 Å². The van der Waals surface area contributed by atoms with Gasteiger partial charge in [0.2, 0.25) is 5.88 Å². The Balaban J connectivity index is 1.74. The molecule has 0 spiro atoms. The molecule has 6 nitrogen and oxygen atoms in total. The summed E-state index contributed by atoms with van der Waals surface area (Å²) in [6, 6.07) is 9.55. The Morgan fingerprint density at radius 3 is 2.83 bits per heavy atom. The molecule has 6 heteroatoms. The Morgan fingerprint density at radius 2 is 2.08 bits per heavy atom. The number of piperidine rings is 1. The highest BCUT2D eigenvalue weighted by Crippen LogP contribution is 2.23. The topological polar surface area (TPSA) is 58.6 Å². The largest absolute Gasteiger partial charge is 0.480 e. The second-order valence-electron chi connectivity index (χ2n) is 5.91. The first-order valence-corrected chi connectivity index (χ1v) is 8.13. The van der Waals surface area contributed by atoms with E-state index in [1.165, 1.54) is 7.11 Å². The predicted octanol–water partition coefficient (Wildman–Crippen LogP) is 2.23. The molecular weight excluding hydrogens is 304 g/mol. The Hall–Kier alpha value is -2.63. The molecule has 0 bridgehead atoms. The first kappa shape index (κ1) is 16.2. The zero-order valence-corrected chi connectivity index (χ0v) is 14.1. The van der Waals surface area contributed by atoms with Crippen molar-refractivity contribution in [1.29, 1.82) is 0 Å². The van der Waals surface area contributed by atoms with Crippen molar-refractivity contribution in [3.05, 3.63) is 48.3 Å². The summed E-state index contributed by atoms with van der Waals surface area (Å²) in [6.45, 7) is 1.74. The molecule has 126 valence electrons. The normalized spacial score (nSPS) is 17.4. The van der Waals surface area contributed by atoms with Gasteiger partial charge in [-0.2, -0.15) is 0 Å².